The highest BCUT2D eigenvalue weighted by Gasteiger charge is 2.35. The fourth-order valence-corrected chi connectivity index (χ4v) is 1.65. The molecular weight excluding hydrogens is 261 g/mol. The minimum atomic E-state index is -4.55. The number of aromatic nitrogens is 3. The minimum absolute atomic E-state index is 0.0284. The number of rotatable bonds is 4. The molecule has 2 rings (SSSR count). The first-order valence-electron chi connectivity index (χ1n) is 5.97. The van der Waals surface area contributed by atoms with Gasteiger partial charge in [0.25, 0.3) is 5.82 Å². The predicted molar refractivity (Wildman–Crippen MR) is 62.1 cm³/mol. The maximum absolute atomic E-state index is 12.2. The molecule has 9 heteroatoms. The van der Waals surface area contributed by atoms with E-state index in [0.29, 0.717) is 5.92 Å². The van der Waals surface area contributed by atoms with Crippen molar-refractivity contribution >= 4 is 5.96 Å². The van der Waals surface area contributed by atoms with Crippen LogP contribution in [0.3, 0.4) is 0 Å². The summed E-state index contributed by atoms with van der Waals surface area (Å²) in [6, 6.07) is 0. The van der Waals surface area contributed by atoms with Gasteiger partial charge in [-0.3, -0.25) is 5.10 Å². The summed E-state index contributed by atoms with van der Waals surface area (Å²) in [6.45, 7) is 0.687. The lowest BCUT2D eigenvalue weighted by Crippen LogP contribution is -2.37. The molecule has 0 spiro atoms. The molecule has 1 aliphatic rings. The molecular formula is C10H15F3N6. The smallest absolute Gasteiger partial charge is 0.370 e. The lowest BCUT2D eigenvalue weighted by Gasteiger charge is -2.25. The van der Waals surface area contributed by atoms with Gasteiger partial charge in [-0.25, -0.2) is 9.98 Å². The van der Waals surface area contributed by atoms with Gasteiger partial charge in [-0.15, -0.1) is 5.10 Å². The van der Waals surface area contributed by atoms with E-state index in [0.717, 1.165) is 6.54 Å². The lowest BCUT2D eigenvalue weighted by molar-refractivity contribution is -0.144. The fraction of sp³-hybridized carbons (Fsp3) is 0.700. The second-order valence-electron chi connectivity index (χ2n) is 4.48. The molecule has 106 valence electrons. The van der Waals surface area contributed by atoms with Crippen LogP contribution in [0, 0.1) is 5.92 Å². The van der Waals surface area contributed by atoms with Crippen LogP contribution in [0.15, 0.2) is 4.99 Å². The van der Waals surface area contributed by atoms with Crippen molar-refractivity contribution in [2.75, 3.05) is 6.54 Å². The summed E-state index contributed by atoms with van der Waals surface area (Å²) in [5.74, 6) is -0.341. The van der Waals surface area contributed by atoms with E-state index in [-0.39, 0.29) is 18.3 Å². The molecule has 1 saturated carbocycles. The van der Waals surface area contributed by atoms with E-state index >= 15 is 0 Å². The van der Waals surface area contributed by atoms with Crippen LogP contribution in [-0.2, 0) is 12.7 Å². The zero-order chi connectivity index (χ0) is 13.9. The molecule has 0 saturated heterocycles. The molecule has 1 aromatic rings. The Labute approximate surface area is 107 Å². The molecule has 1 aromatic heterocycles. The first kappa shape index (κ1) is 13.6. The van der Waals surface area contributed by atoms with Crippen molar-refractivity contribution < 1.29 is 13.2 Å². The van der Waals surface area contributed by atoms with Gasteiger partial charge >= 0.3 is 6.18 Å². The number of hydrogen-bond donors (Lipinski definition) is 3. The first-order valence-corrected chi connectivity index (χ1v) is 5.97. The van der Waals surface area contributed by atoms with Crippen LogP contribution in [-0.4, -0.2) is 27.7 Å². The van der Waals surface area contributed by atoms with Gasteiger partial charge in [-0.1, -0.05) is 6.42 Å². The average molecular weight is 276 g/mol. The Bertz CT molecular complexity index is 448. The zero-order valence-corrected chi connectivity index (χ0v) is 10.2. The number of alkyl halides is 3. The van der Waals surface area contributed by atoms with E-state index in [2.05, 4.69) is 25.5 Å². The number of guanidine groups is 1. The summed E-state index contributed by atoms with van der Waals surface area (Å²) in [6.07, 6.45) is -0.956. The largest absolute Gasteiger partial charge is 0.453 e. The standard InChI is InChI=1S/C10H15F3N6/c11-10(12,13)8-17-7(18-19-8)5-16-9(14)15-4-6-2-1-3-6/h6H,1-5H2,(H3,14,15,16)(H,17,18,19). The summed E-state index contributed by atoms with van der Waals surface area (Å²) in [5, 5.41) is 8.19. The third-order valence-electron chi connectivity index (χ3n) is 2.98. The van der Waals surface area contributed by atoms with E-state index in [1.54, 1.807) is 0 Å². The number of halogens is 3. The Morgan fingerprint density at radius 2 is 2.21 bits per heavy atom. The van der Waals surface area contributed by atoms with Crippen molar-refractivity contribution in [1.29, 1.82) is 0 Å². The molecule has 19 heavy (non-hydrogen) atoms. The van der Waals surface area contributed by atoms with Crippen molar-refractivity contribution in [2.24, 2.45) is 16.6 Å². The number of nitrogens with two attached hydrogens (primary N) is 1. The fourth-order valence-electron chi connectivity index (χ4n) is 1.65. The molecule has 1 fully saturated rings. The van der Waals surface area contributed by atoms with Crippen molar-refractivity contribution in [3.05, 3.63) is 11.6 Å². The Kier molecular flexibility index (Phi) is 3.91. The highest BCUT2D eigenvalue weighted by molar-refractivity contribution is 5.77. The number of aromatic amines is 1. The monoisotopic (exact) mass is 276 g/mol. The topological polar surface area (TPSA) is 92.0 Å². The highest BCUT2D eigenvalue weighted by atomic mass is 19.4. The maximum atomic E-state index is 12.2. The van der Waals surface area contributed by atoms with Crippen molar-refractivity contribution in [1.82, 2.24) is 20.5 Å². The van der Waals surface area contributed by atoms with Gasteiger partial charge in [0.15, 0.2) is 5.96 Å². The van der Waals surface area contributed by atoms with Crippen LogP contribution in [0.4, 0.5) is 13.2 Å². The van der Waals surface area contributed by atoms with Gasteiger partial charge in [0.1, 0.15) is 12.4 Å². The summed E-state index contributed by atoms with van der Waals surface area (Å²) in [7, 11) is 0. The number of H-pyrrole nitrogens is 1. The van der Waals surface area contributed by atoms with Crippen LogP contribution in [0.25, 0.3) is 0 Å². The molecule has 0 radical (unpaired) electrons. The maximum Gasteiger partial charge on any atom is 0.453 e. The van der Waals surface area contributed by atoms with E-state index in [9.17, 15) is 13.2 Å². The molecule has 4 N–H and O–H groups in total. The number of hydrogen-bond acceptors (Lipinski definition) is 3. The molecule has 1 aliphatic carbocycles. The van der Waals surface area contributed by atoms with Crippen LogP contribution in [0.5, 0.6) is 0 Å². The minimum Gasteiger partial charge on any atom is -0.370 e. The van der Waals surface area contributed by atoms with Crippen molar-refractivity contribution in [3.63, 3.8) is 0 Å². The SMILES string of the molecule is NC(=NCc1nc(C(F)(F)F)n[nH]1)NCC1CCC1. The van der Waals surface area contributed by atoms with Gasteiger partial charge < -0.3 is 11.1 Å². The molecule has 1 heterocycles. The molecule has 0 aliphatic heterocycles. The lowest BCUT2D eigenvalue weighted by atomic mass is 9.85. The average Bonchev–Trinajstić information content (AvgIpc) is 2.72. The van der Waals surface area contributed by atoms with Crippen LogP contribution in [0.2, 0.25) is 0 Å². The quantitative estimate of drug-likeness (QED) is 0.565. The molecule has 6 nitrogen and oxygen atoms in total. The van der Waals surface area contributed by atoms with Crippen LogP contribution < -0.4 is 11.1 Å². The third-order valence-corrected chi connectivity index (χ3v) is 2.98. The molecule has 0 unspecified atom stereocenters. The first-order chi connectivity index (χ1) is 8.95. The van der Waals surface area contributed by atoms with E-state index in [1.807, 2.05) is 0 Å². The Morgan fingerprint density at radius 1 is 1.47 bits per heavy atom. The van der Waals surface area contributed by atoms with Crippen LogP contribution >= 0.6 is 0 Å². The summed E-state index contributed by atoms with van der Waals surface area (Å²) >= 11 is 0. The summed E-state index contributed by atoms with van der Waals surface area (Å²) < 4.78 is 36.7. The van der Waals surface area contributed by atoms with E-state index < -0.39 is 12.0 Å². The second kappa shape index (κ2) is 5.45. The normalized spacial score (nSPS) is 17.3. The second-order valence-corrected chi connectivity index (χ2v) is 4.48. The van der Waals surface area contributed by atoms with Crippen LogP contribution in [0.1, 0.15) is 30.9 Å². The number of nitrogens with one attached hydrogen (secondary N) is 2. The molecule has 0 amide bonds. The number of nitrogens with zero attached hydrogens (tertiary/aromatic N) is 3. The third kappa shape index (κ3) is 3.83. The van der Waals surface area contributed by atoms with Crippen molar-refractivity contribution in [2.45, 2.75) is 32.0 Å². The van der Waals surface area contributed by atoms with Gasteiger partial charge in [0.2, 0.25) is 0 Å². The molecule has 0 bridgehead atoms. The Morgan fingerprint density at radius 3 is 2.74 bits per heavy atom. The van der Waals surface area contributed by atoms with Gasteiger partial charge in [0.05, 0.1) is 0 Å². The zero-order valence-electron chi connectivity index (χ0n) is 10.2. The molecule has 0 aromatic carbocycles. The highest BCUT2D eigenvalue weighted by Crippen LogP contribution is 2.26. The van der Waals surface area contributed by atoms with E-state index in [4.69, 9.17) is 5.73 Å². The summed E-state index contributed by atoms with van der Waals surface area (Å²) in [4.78, 5) is 7.20. The van der Waals surface area contributed by atoms with Gasteiger partial charge in [0, 0.05) is 6.54 Å². The summed E-state index contributed by atoms with van der Waals surface area (Å²) in [5.41, 5.74) is 5.60. The predicted octanol–water partition coefficient (Wildman–Crippen LogP) is 1.03. The molecule has 0 atom stereocenters. The Hall–Kier alpha value is -1.80. The van der Waals surface area contributed by atoms with E-state index in [1.165, 1.54) is 19.3 Å². The number of aliphatic imine (C=N–C) groups is 1. The Balaban J connectivity index is 1.81. The van der Waals surface area contributed by atoms with Crippen molar-refractivity contribution in [3.8, 4) is 0 Å². The van der Waals surface area contributed by atoms with Gasteiger partial charge in [-0.2, -0.15) is 13.2 Å². The van der Waals surface area contributed by atoms with Gasteiger partial charge in [-0.05, 0) is 18.8 Å².